The number of benzene rings is 8. The second-order valence-corrected chi connectivity index (χ2v) is 12.7. The van der Waals surface area contributed by atoms with Crippen LogP contribution in [0.2, 0.25) is 0 Å². The largest absolute Gasteiger partial charge is 0.293 e. The second-order valence-electron chi connectivity index (χ2n) is 12.7. The molecule has 8 aromatic carbocycles. The first-order chi connectivity index (χ1) is 24.2. The summed E-state index contributed by atoms with van der Waals surface area (Å²) < 4.78 is 2.25. The first-order valence-corrected chi connectivity index (χ1v) is 16.7. The van der Waals surface area contributed by atoms with Crippen LogP contribution >= 0.6 is 0 Å². The van der Waals surface area contributed by atoms with Gasteiger partial charge in [0.2, 0.25) is 0 Å². The predicted octanol–water partition coefficient (Wildman–Crippen LogP) is 12.0. The van der Waals surface area contributed by atoms with E-state index in [-0.39, 0.29) is 0 Å². The lowest BCUT2D eigenvalue weighted by Crippen LogP contribution is -1.97. The fourth-order valence-electron chi connectivity index (χ4n) is 7.25. The molecule has 0 saturated carbocycles. The van der Waals surface area contributed by atoms with Crippen LogP contribution in [-0.2, 0) is 0 Å². The number of rotatable bonds is 4. The standard InChI is InChI=1S/C46H29N3/c1-2-10-30(11-3-1)37-25-38(35-19-18-31-12-4-6-14-33(31)24-35)27-39(26-37)36-21-23-42-43(29-36)47-45-41-16-8-9-17-44(41)49(46(45)48-42)40-22-20-32-13-5-7-15-34(32)28-40/h1-29H. The molecule has 0 saturated heterocycles. The van der Waals surface area contributed by atoms with Crippen molar-refractivity contribution in [2.45, 2.75) is 0 Å². The number of hydrogen-bond acceptors (Lipinski definition) is 2. The van der Waals surface area contributed by atoms with E-state index in [1.807, 2.05) is 0 Å². The number of fused-ring (bicyclic) bond motifs is 6. The molecule has 0 atom stereocenters. The Morgan fingerprint density at radius 2 is 0.939 bits per heavy atom. The summed E-state index contributed by atoms with van der Waals surface area (Å²) in [5.74, 6) is 0. The minimum Gasteiger partial charge on any atom is -0.293 e. The van der Waals surface area contributed by atoms with E-state index in [0.717, 1.165) is 49.9 Å². The molecule has 0 aliphatic heterocycles. The molecule has 0 amide bonds. The van der Waals surface area contributed by atoms with Crippen LogP contribution in [0, 0.1) is 0 Å². The van der Waals surface area contributed by atoms with E-state index in [1.54, 1.807) is 0 Å². The summed E-state index contributed by atoms with van der Waals surface area (Å²) in [7, 11) is 0. The van der Waals surface area contributed by atoms with Crippen LogP contribution in [0.5, 0.6) is 0 Å². The van der Waals surface area contributed by atoms with Crippen molar-refractivity contribution in [1.82, 2.24) is 14.5 Å². The maximum Gasteiger partial charge on any atom is 0.165 e. The van der Waals surface area contributed by atoms with Gasteiger partial charge in [0, 0.05) is 11.1 Å². The zero-order chi connectivity index (χ0) is 32.3. The van der Waals surface area contributed by atoms with Gasteiger partial charge in [0.05, 0.1) is 16.6 Å². The molecule has 228 valence electrons. The van der Waals surface area contributed by atoms with Gasteiger partial charge in [0.25, 0.3) is 0 Å². The zero-order valence-corrected chi connectivity index (χ0v) is 26.6. The number of para-hydroxylation sites is 1. The Kier molecular flexibility index (Phi) is 6.18. The lowest BCUT2D eigenvalue weighted by atomic mass is 9.92. The minimum atomic E-state index is 0.862. The van der Waals surface area contributed by atoms with Gasteiger partial charge >= 0.3 is 0 Å². The van der Waals surface area contributed by atoms with E-state index in [0.29, 0.717) is 0 Å². The topological polar surface area (TPSA) is 30.7 Å². The molecule has 0 aliphatic rings. The Balaban J connectivity index is 1.16. The Hall–Kier alpha value is -6.58. The summed E-state index contributed by atoms with van der Waals surface area (Å²) in [6, 6.07) is 62.8. The average molecular weight is 624 g/mol. The van der Waals surface area contributed by atoms with Crippen molar-refractivity contribution in [2.24, 2.45) is 0 Å². The molecular formula is C46H29N3. The minimum absolute atomic E-state index is 0.862. The van der Waals surface area contributed by atoms with Crippen LogP contribution < -0.4 is 0 Å². The van der Waals surface area contributed by atoms with E-state index in [9.17, 15) is 0 Å². The molecule has 2 heterocycles. The van der Waals surface area contributed by atoms with Crippen molar-refractivity contribution in [3.05, 3.63) is 176 Å². The number of aromatic nitrogens is 3. The smallest absolute Gasteiger partial charge is 0.165 e. The molecule has 0 N–H and O–H groups in total. The van der Waals surface area contributed by atoms with E-state index < -0.39 is 0 Å². The molecule has 10 aromatic rings. The SMILES string of the molecule is c1ccc(-c2cc(-c3ccc4ccccc4c3)cc(-c3ccc4nc5c(nc4c3)c3ccccc3n5-c3ccc4ccccc4c3)c2)cc1. The third-order valence-electron chi connectivity index (χ3n) is 9.71. The molecule has 0 fully saturated rings. The Morgan fingerprint density at radius 1 is 0.347 bits per heavy atom. The van der Waals surface area contributed by atoms with Gasteiger partial charge in [-0.2, -0.15) is 0 Å². The molecular weight excluding hydrogens is 595 g/mol. The van der Waals surface area contributed by atoms with Gasteiger partial charge in [-0.15, -0.1) is 0 Å². The third-order valence-corrected chi connectivity index (χ3v) is 9.71. The van der Waals surface area contributed by atoms with E-state index >= 15 is 0 Å². The Morgan fingerprint density at radius 3 is 1.71 bits per heavy atom. The quantitative estimate of drug-likeness (QED) is 0.195. The van der Waals surface area contributed by atoms with Crippen LogP contribution in [0.15, 0.2) is 176 Å². The highest BCUT2D eigenvalue weighted by Gasteiger charge is 2.17. The van der Waals surface area contributed by atoms with Gasteiger partial charge in [0.1, 0.15) is 5.52 Å². The third kappa shape index (κ3) is 4.67. The Bertz CT molecular complexity index is 2880. The van der Waals surface area contributed by atoms with Gasteiger partial charge in [-0.05, 0) is 110 Å². The maximum atomic E-state index is 5.31. The Labute approximate surface area is 283 Å². The maximum absolute atomic E-state index is 5.31. The highest BCUT2D eigenvalue weighted by atomic mass is 15.1. The molecule has 0 spiro atoms. The number of hydrogen-bond donors (Lipinski definition) is 0. The lowest BCUT2D eigenvalue weighted by Gasteiger charge is -2.13. The fraction of sp³-hybridized carbons (Fsp3) is 0. The average Bonchev–Trinajstić information content (AvgIpc) is 3.49. The van der Waals surface area contributed by atoms with Crippen LogP contribution in [0.25, 0.3) is 93.7 Å². The van der Waals surface area contributed by atoms with Crippen molar-refractivity contribution >= 4 is 54.6 Å². The van der Waals surface area contributed by atoms with Crippen LogP contribution in [0.1, 0.15) is 0 Å². The van der Waals surface area contributed by atoms with E-state index in [2.05, 4.69) is 180 Å². The molecule has 3 heteroatoms. The van der Waals surface area contributed by atoms with Gasteiger partial charge in [-0.3, -0.25) is 4.57 Å². The van der Waals surface area contributed by atoms with E-state index in [1.165, 1.54) is 43.8 Å². The summed E-state index contributed by atoms with van der Waals surface area (Å²) >= 11 is 0. The molecule has 10 rings (SSSR count). The molecule has 0 unspecified atom stereocenters. The summed E-state index contributed by atoms with van der Waals surface area (Å²) in [4.78, 5) is 10.6. The van der Waals surface area contributed by atoms with Gasteiger partial charge in [-0.25, -0.2) is 9.97 Å². The molecule has 0 bridgehead atoms. The zero-order valence-electron chi connectivity index (χ0n) is 26.6. The van der Waals surface area contributed by atoms with E-state index in [4.69, 9.17) is 9.97 Å². The van der Waals surface area contributed by atoms with Gasteiger partial charge < -0.3 is 0 Å². The molecule has 0 radical (unpaired) electrons. The monoisotopic (exact) mass is 623 g/mol. The summed E-state index contributed by atoms with van der Waals surface area (Å²) in [6.07, 6.45) is 0. The highest BCUT2D eigenvalue weighted by Crippen LogP contribution is 2.36. The van der Waals surface area contributed by atoms with Gasteiger partial charge in [0.15, 0.2) is 5.65 Å². The normalized spacial score (nSPS) is 11.7. The molecule has 49 heavy (non-hydrogen) atoms. The lowest BCUT2D eigenvalue weighted by molar-refractivity contribution is 1.14. The van der Waals surface area contributed by atoms with Crippen molar-refractivity contribution in [3.63, 3.8) is 0 Å². The fourth-order valence-corrected chi connectivity index (χ4v) is 7.25. The molecule has 0 aliphatic carbocycles. The number of nitrogens with zero attached hydrogens (tertiary/aromatic N) is 3. The van der Waals surface area contributed by atoms with Crippen molar-refractivity contribution in [2.75, 3.05) is 0 Å². The van der Waals surface area contributed by atoms with Crippen LogP contribution in [0.3, 0.4) is 0 Å². The second kappa shape index (κ2) is 11.0. The molecule has 3 nitrogen and oxygen atoms in total. The van der Waals surface area contributed by atoms with Crippen LogP contribution in [-0.4, -0.2) is 14.5 Å². The summed E-state index contributed by atoms with van der Waals surface area (Å²) in [5.41, 5.74) is 12.7. The van der Waals surface area contributed by atoms with Crippen molar-refractivity contribution in [1.29, 1.82) is 0 Å². The van der Waals surface area contributed by atoms with Crippen molar-refractivity contribution in [3.8, 4) is 39.1 Å². The van der Waals surface area contributed by atoms with Gasteiger partial charge in [-0.1, -0.05) is 121 Å². The first-order valence-electron chi connectivity index (χ1n) is 16.7. The highest BCUT2D eigenvalue weighted by molar-refractivity contribution is 6.08. The first kappa shape index (κ1) is 27.5. The summed E-state index contributed by atoms with van der Waals surface area (Å²) in [6.45, 7) is 0. The molecule has 2 aromatic heterocycles. The van der Waals surface area contributed by atoms with Crippen LogP contribution in [0.4, 0.5) is 0 Å². The summed E-state index contributed by atoms with van der Waals surface area (Å²) in [5, 5.41) is 5.99. The predicted molar refractivity (Wildman–Crippen MR) is 205 cm³/mol. The van der Waals surface area contributed by atoms with Crippen molar-refractivity contribution < 1.29 is 0 Å².